The summed E-state index contributed by atoms with van der Waals surface area (Å²) < 4.78 is 2.03. The number of fused-ring (bicyclic) bond motifs is 1. The van der Waals surface area contributed by atoms with Gasteiger partial charge in [0.1, 0.15) is 5.54 Å². The molecule has 1 saturated heterocycles. The van der Waals surface area contributed by atoms with E-state index in [2.05, 4.69) is 39.5 Å². The van der Waals surface area contributed by atoms with Gasteiger partial charge in [-0.2, -0.15) is 0 Å². The van der Waals surface area contributed by atoms with Crippen molar-refractivity contribution in [2.45, 2.75) is 43.7 Å². The Labute approximate surface area is 169 Å². The lowest BCUT2D eigenvalue weighted by atomic mass is 9.95. The van der Waals surface area contributed by atoms with E-state index in [0.717, 1.165) is 41.6 Å². The van der Waals surface area contributed by atoms with Gasteiger partial charge >= 0.3 is 0 Å². The smallest absolute Gasteiger partial charge is 0.256 e. The van der Waals surface area contributed by atoms with Gasteiger partial charge in [-0.1, -0.05) is 31.0 Å². The Morgan fingerprint density at radius 2 is 2.03 bits per heavy atom. The number of H-pyrrole nitrogens is 1. The summed E-state index contributed by atoms with van der Waals surface area (Å²) in [5.41, 5.74) is 1.35. The number of carbonyl (C=O) groups excluding carboxylic acids is 1. The van der Waals surface area contributed by atoms with Crippen molar-refractivity contribution in [3.63, 3.8) is 0 Å². The number of nitrogens with zero attached hydrogens (tertiary/aromatic N) is 6. The summed E-state index contributed by atoms with van der Waals surface area (Å²) >= 11 is 0. The monoisotopic (exact) mass is 393 g/mol. The van der Waals surface area contributed by atoms with Gasteiger partial charge < -0.3 is 9.88 Å². The van der Waals surface area contributed by atoms with Gasteiger partial charge in [-0.25, -0.2) is 4.68 Å². The van der Waals surface area contributed by atoms with E-state index in [-0.39, 0.29) is 11.4 Å². The van der Waals surface area contributed by atoms with Gasteiger partial charge in [-0.15, -0.1) is 5.10 Å². The molecule has 1 N–H and O–H groups in total. The van der Waals surface area contributed by atoms with Crippen LogP contribution in [0.15, 0.2) is 30.5 Å². The molecule has 29 heavy (non-hydrogen) atoms. The van der Waals surface area contributed by atoms with E-state index in [9.17, 15) is 4.79 Å². The summed E-state index contributed by atoms with van der Waals surface area (Å²) in [4.78, 5) is 20.7. The predicted molar refractivity (Wildman–Crippen MR) is 110 cm³/mol. The van der Waals surface area contributed by atoms with Crippen LogP contribution in [0.2, 0.25) is 0 Å². The quantitative estimate of drug-likeness (QED) is 0.737. The molecule has 3 aromatic rings. The number of para-hydroxylation sites is 1. The minimum Gasteiger partial charge on any atom is -0.360 e. The van der Waals surface area contributed by atoms with Crippen LogP contribution < -0.4 is 0 Å². The fourth-order valence-corrected chi connectivity index (χ4v) is 5.03. The number of aromatic amines is 1. The lowest BCUT2D eigenvalue weighted by molar-refractivity contribution is 0.0739. The summed E-state index contributed by atoms with van der Waals surface area (Å²) in [6, 6.07) is 8.31. The van der Waals surface area contributed by atoms with E-state index in [0.29, 0.717) is 19.1 Å². The molecule has 152 valence electrons. The first kappa shape index (κ1) is 18.3. The van der Waals surface area contributed by atoms with E-state index in [1.165, 1.54) is 12.8 Å². The van der Waals surface area contributed by atoms with Gasteiger partial charge in [0.05, 0.1) is 11.6 Å². The Bertz CT molecular complexity index is 1030. The third kappa shape index (κ3) is 2.85. The molecule has 3 heterocycles. The molecule has 0 spiro atoms. The van der Waals surface area contributed by atoms with Crippen molar-refractivity contribution in [3.8, 4) is 0 Å². The van der Waals surface area contributed by atoms with Gasteiger partial charge in [0.2, 0.25) is 0 Å². The van der Waals surface area contributed by atoms with Crippen LogP contribution in [0.5, 0.6) is 0 Å². The Balaban J connectivity index is 1.47. The van der Waals surface area contributed by atoms with Gasteiger partial charge in [-0.3, -0.25) is 9.69 Å². The highest BCUT2D eigenvalue weighted by Gasteiger charge is 2.48. The van der Waals surface area contributed by atoms with Crippen LogP contribution in [0, 0.1) is 0 Å². The number of hydrogen-bond acceptors (Lipinski definition) is 5. The minimum atomic E-state index is -0.367. The van der Waals surface area contributed by atoms with E-state index in [4.69, 9.17) is 0 Å². The SMILES string of the molecule is CN(C)C1(c2nnnn2C2CCCC2)CCN(C(=O)c2c[nH]c3ccccc23)C1. The van der Waals surface area contributed by atoms with Crippen LogP contribution in [0.1, 0.15) is 54.3 Å². The van der Waals surface area contributed by atoms with Crippen LogP contribution in [0.3, 0.4) is 0 Å². The molecule has 2 aromatic heterocycles. The number of hydrogen-bond donors (Lipinski definition) is 1. The zero-order chi connectivity index (χ0) is 20.0. The van der Waals surface area contributed by atoms with E-state index >= 15 is 0 Å². The molecule has 1 unspecified atom stereocenters. The number of carbonyl (C=O) groups is 1. The fourth-order valence-electron chi connectivity index (χ4n) is 5.03. The molecule has 1 aromatic carbocycles. The minimum absolute atomic E-state index is 0.0612. The zero-order valence-corrected chi connectivity index (χ0v) is 17.0. The largest absolute Gasteiger partial charge is 0.360 e. The van der Waals surface area contributed by atoms with E-state index in [1.807, 2.05) is 40.0 Å². The number of tetrazole rings is 1. The van der Waals surface area contributed by atoms with Crippen LogP contribution in [-0.4, -0.2) is 68.1 Å². The molecule has 1 aliphatic carbocycles. The summed E-state index contributed by atoms with van der Waals surface area (Å²) in [5.74, 6) is 0.953. The maximum atomic E-state index is 13.4. The van der Waals surface area contributed by atoms with E-state index in [1.54, 1.807) is 0 Å². The number of aromatic nitrogens is 5. The highest BCUT2D eigenvalue weighted by molar-refractivity contribution is 6.06. The molecule has 8 heteroatoms. The van der Waals surface area contributed by atoms with Crippen molar-refractivity contribution >= 4 is 16.8 Å². The van der Waals surface area contributed by atoms with Crippen LogP contribution in [0.25, 0.3) is 10.9 Å². The van der Waals surface area contributed by atoms with Crippen molar-refractivity contribution in [2.75, 3.05) is 27.2 Å². The van der Waals surface area contributed by atoms with Gasteiger partial charge in [0, 0.05) is 30.2 Å². The van der Waals surface area contributed by atoms with Gasteiger partial charge in [0.15, 0.2) is 5.82 Å². The summed E-state index contributed by atoms with van der Waals surface area (Å²) in [5, 5.41) is 13.8. The average molecular weight is 393 g/mol. The first-order valence-electron chi connectivity index (χ1n) is 10.4. The number of likely N-dealkylation sites (tertiary alicyclic amines) is 1. The zero-order valence-electron chi connectivity index (χ0n) is 17.0. The van der Waals surface area contributed by atoms with Gasteiger partial charge in [-0.05, 0) is 49.9 Å². The summed E-state index contributed by atoms with van der Waals surface area (Å²) in [6.45, 7) is 1.28. The Hall–Kier alpha value is -2.74. The maximum Gasteiger partial charge on any atom is 0.256 e. The van der Waals surface area contributed by atoms with Crippen molar-refractivity contribution in [3.05, 3.63) is 41.9 Å². The molecule has 1 amide bonds. The number of amides is 1. The molecule has 2 aliphatic rings. The molecular formula is C21H27N7O. The maximum absolute atomic E-state index is 13.4. The highest BCUT2D eigenvalue weighted by Crippen LogP contribution is 2.39. The van der Waals surface area contributed by atoms with Crippen molar-refractivity contribution < 1.29 is 4.79 Å². The summed E-state index contributed by atoms with van der Waals surface area (Å²) in [6.07, 6.45) is 7.35. The molecule has 0 bridgehead atoms. The van der Waals surface area contributed by atoms with Crippen molar-refractivity contribution in [1.82, 2.24) is 35.0 Å². The highest BCUT2D eigenvalue weighted by atomic mass is 16.2. The number of rotatable bonds is 4. The van der Waals surface area contributed by atoms with Gasteiger partial charge in [0.25, 0.3) is 5.91 Å². The number of likely N-dealkylation sites (N-methyl/N-ethyl adjacent to an activating group) is 1. The van der Waals surface area contributed by atoms with Crippen molar-refractivity contribution in [1.29, 1.82) is 0 Å². The van der Waals surface area contributed by atoms with Crippen LogP contribution >= 0.6 is 0 Å². The second kappa shape index (κ2) is 6.95. The third-order valence-electron chi connectivity index (χ3n) is 6.79. The lowest BCUT2D eigenvalue weighted by Gasteiger charge is -2.35. The molecule has 8 nitrogen and oxygen atoms in total. The Kier molecular flexibility index (Phi) is 4.38. The molecule has 2 fully saturated rings. The topological polar surface area (TPSA) is 82.9 Å². The second-order valence-electron chi connectivity index (χ2n) is 8.54. The average Bonchev–Trinajstić information content (AvgIpc) is 3.53. The third-order valence-corrected chi connectivity index (χ3v) is 6.79. The number of benzene rings is 1. The number of nitrogens with one attached hydrogen (secondary N) is 1. The first-order valence-corrected chi connectivity index (χ1v) is 10.4. The summed E-state index contributed by atoms with van der Waals surface area (Å²) in [7, 11) is 4.13. The Morgan fingerprint density at radius 3 is 2.83 bits per heavy atom. The second-order valence-corrected chi connectivity index (χ2v) is 8.54. The van der Waals surface area contributed by atoms with Crippen LogP contribution in [0.4, 0.5) is 0 Å². The molecule has 1 aliphatic heterocycles. The standard InChI is InChI=1S/C21H27N7O/c1-26(2)21(20-23-24-25-28(20)15-7-3-4-8-15)11-12-27(14-21)19(29)17-13-22-18-10-6-5-9-16(17)18/h5-6,9-10,13,15,22H,3-4,7-8,11-12,14H2,1-2H3. The Morgan fingerprint density at radius 1 is 1.24 bits per heavy atom. The molecule has 0 radical (unpaired) electrons. The van der Waals surface area contributed by atoms with Crippen molar-refractivity contribution in [2.24, 2.45) is 0 Å². The fraction of sp³-hybridized carbons (Fsp3) is 0.524. The first-order chi connectivity index (χ1) is 14.1. The molecule has 5 rings (SSSR count). The van der Waals surface area contributed by atoms with Crippen LogP contribution in [-0.2, 0) is 5.54 Å². The molecule has 1 atom stereocenters. The molecular weight excluding hydrogens is 366 g/mol. The lowest BCUT2D eigenvalue weighted by Crippen LogP contribution is -2.47. The predicted octanol–water partition coefficient (Wildman–Crippen LogP) is 2.57. The molecule has 1 saturated carbocycles. The normalized spacial score (nSPS) is 22.9. The van der Waals surface area contributed by atoms with E-state index < -0.39 is 0 Å².